The number of aryl methyl sites for hydroxylation is 1. The van der Waals surface area contributed by atoms with E-state index in [-0.39, 0.29) is 29.9 Å². The molecule has 164 valence electrons. The van der Waals surface area contributed by atoms with Crippen molar-refractivity contribution in [2.24, 2.45) is 4.99 Å². The molecular formula is C23H33IN4O2. The van der Waals surface area contributed by atoms with E-state index >= 15 is 0 Å². The van der Waals surface area contributed by atoms with Crippen LogP contribution in [0.1, 0.15) is 43.4 Å². The van der Waals surface area contributed by atoms with E-state index in [0.717, 1.165) is 24.6 Å². The molecule has 0 heterocycles. The number of amides is 1. The minimum Gasteiger partial charge on any atom is -0.495 e. The number of rotatable bonds is 8. The molecule has 0 aliphatic carbocycles. The normalized spacial score (nSPS) is 11.8. The molecule has 0 spiro atoms. The molecule has 7 heteroatoms. The van der Waals surface area contributed by atoms with E-state index in [1.165, 1.54) is 18.1 Å². The van der Waals surface area contributed by atoms with Crippen molar-refractivity contribution in [3.05, 3.63) is 59.2 Å². The zero-order valence-electron chi connectivity index (χ0n) is 18.4. The van der Waals surface area contributed by atoms with Crippen LogP contribution in [0.5, 0.6) is 5.75 Å². The Bertz CT molecular complexity index is 855. The summed E-state index contributed by atoms with van der Waals surface area (Å²) in [5, 5.41) is 9.50. The Morgan fingerprint density at radius 1 is 1.17 bits per heavy atom. The van der Waals surface area contributed by atoms with E-state index in [0.29, 0.717) is 23.9 Å². The number of hydrogen-bond donors (Lipinski definition) is 3. The lowest BCUT2D eigenvalue weighted by molar-refractivity contribution is -0.114. The van der Waals surface area contributed by atoms with Crippen LogP contribution >= 0.6 is 24.0 Å². The van der Waals surface area contributed by atoms with Gasteiger partial charge in [-0.15, -0.1) is 24.0 Å². The lowest BCUT2D eigenvalue weighted by Crippen LogP contribution is -2.39. The van der Waals surface area contributed by atoms with Crippen molar-refractivity contribution in [3.63, 3.8) is 0 Å². The Balaban J connectivity index is 0.00000450. The van der Waals surface area contributed by atoms with Crippen molar-refractivity contribution in [1.29, 1.82) is 0 Å². The number of anilines is 1. The van der Waals surface area contributed by atoms with Gasteiger partial charge in [-0.05, 0) is 43.0 Å². The summed E-state index contributed by atoms with van der Waals surface area (Å²) in [5.41, 5.74) is 4.21. The van der Waals surface area contributed by atoms with Crippen molar-refractivity contribution < 1.29 is 9.53 Å². The zero-order chi connectivity index (χ0) is 21.2. The molecule has 0 saturated heterocycles. The monoisotopic (exact) mass is 524 g/mol. The van der Waals surface area contributed by atoms with E-state index in [4.69, 9.17) is 4.74 Å². The van der Waals surface area contributed by atoms with Gasteiger partial charge in [-0.2, -0.15) is 0 Å². The fraction of sp³-hybridized carbons (Fsp3) is 0.391. The molecule has 1 atom stereocenters. The number of nitrogens with one attached hydrogen (secondary N) is 3. The van der Waals surface area contributed by atoms with Crippen LogP contribution in [0.2, 0.25) is 0 Å². The van der Waals surface area contributed by atoms with Crippen LogP contribution in [0, 0.1) is 6.92 Å². The highest BCUT2D eigenvalue weighted by Crippen LogP contribution is 2.25. The number of methoxy groups -OCH3 is 1. The molecule has 3 N–H and O–H groups in total. The second-order valence-corrected chi connectivity index (χ2v) is 7.11. The van der Waals surface area contributed by atoms with Gasteiger partial charge in [-0.25, -0.2) is 4.99 Å². The van der Waals surface area contributed by atoms with Gasteiger partial charge in [0.1, 0.15) is 5.75 Å². The molecule has 0 saturated carbocycles. The highest BCUT2D eigenvalue weighted by Gasteiger charge is 2.08. The number of hydrogen-bond acceptors (Lipinski definition) is 3. The largest absolute Gasteiger partial charge is 0.495 e. The van der Waals surface area contributed by atoms with Crippen molar-refractivity contribution in [2.75, 3.05) is 25.5 Å². The van der Waals surface area contributed by atoms with E-state index in [9.17, 15) is 4.79 Å². The van der Waals surface area contributed by atoms with Gasteiger partial charge in [-0.1, -0.05) is 42.8 Å². The van der Waals surface area contributed by atoms with Gasteiger partial charge < -0.3 is 20.7 Å². The maximum absolute atomic E-state index is 11.4. The third-order valence-electron chi connectivity index (χ3n) is 4.53. The summed E-state index contributed by atoms with van der Waals surface area (Å²) in [6.07, 6.45) is 0. The lowest BCUT2D eigenvalue weighted by atomic mass is 9.99. The molecule has 6 nitrogen and oxygen atoms in total. The van der Waals surface area contributed by atoms with Gasteiger partial charge in [0.25, 0.3) is 0 Å². The predicted octanol–water partition coefficient (Wildman–Crippen LogP) is 4.44. The molecule has 2 rings (SSSR count). The lowest BCUT2D eigenvalue weighted by Gasteiger charge is -2.17. The number of guanidine groups is 1. The second kappa shape index (κ2) is 13.1. The van der Waals surface area contributed by atoms with Gasteiger partial charge in [0.05, 0.1) is 19.3 Å². The van der Waals surface area contributed by atoms with Crippen LogP contribution < -0.4 is 20.7 Å². The SMILES string of the molecule is CCNC(=NCc1ccc(OC)c(NC(C)=O)c1)NCC(C)c1cccc(C)c1.I. The van der Waals surface area contributed by atoms with Crippen molar-refractivity contribution >= 4 is 41.5 Å². The number of carbonyl (C=O) groups is 1. The van der Waals surface area contributed by atoms with Crippen LogP contribution in [0.3, 0.4) is 0 Å². The molecule has 0 bridgehead atoms. The predicted molar refractivity (Wildman–Crippen MR) is 135 cm³/mol. The summed E-state index contributed by atoms with van der Waals surface area (Å²) in [5.74, 6) is 1.63. The maximum atomic E-state index is 11.4. The van der Waals surface area contributed by atoms with E-state index < -0.39 is 0 Å². The van der Waals surface area contributed by atoms with Crippen molar-refractivity contribution in [3.8, 4) is 5.75 Å². The van der Waals surface area contributed by atoms with E-state index in [2.05, 4.69) is 59.1 Å². The summed E-state index contributed by atoms with van der Waals surface area (Å²) in [6.45, 7) is 9.90. The summed E-state index contributed by atoms with van der Waals surface area (Å²) in [7, 11) is 1.58. The van der Waals surface area contributed by atoms with Gasteiger partial charge >= 0.3 is 0 Å². The molecule has 0 fully saturated rings. The average Bonchev–Trinajstić information content (AvgIpc) is 2.69. The second-order valence-electron chi connectivity index (χ2n) is 7.11. The first kappa shape index (κ1) is 25.7. The number of aliphatic imine (C=N–C) groups is 1. The number of benzene rings is 2. The summed E-state index contributed by atoms with van der Waals surface area (Å²) < 4.78 is 5.31. The topological polar surface area (TPSA) is 74.8 Å². The molecule has 1 amide bonds. The molecular weight excluding hydrogens is 491 g/mol. The minimum absolute atomic E-state index is 0. The quantitative estimate of drug-likeness (QED) is 0.271. The van der Waals surface area contributed by atoms with Crippen LogP contribution in [0.25, 0.3) is 0 Å². The molecule has 2 aromatic carbocycles. The molecule has 2 aromatic rings. The Labute approximate surface area is 196 Å². The first-order valence-electron chi connectivity index (χ1n) is 9.96. The minimum atomic E-state index is -0.135. The molecule has 0 aliphatic rings. The van der Waals surface area contributed by atoms with E-state index in [1.54, 1.807) is 7.11 Å². The summed E-state index contributed by atoms with van der Waals surface area (Å²) >= 11 is 0. The van der Waals surface area contributed by atoms with E-state index in [1.807, 2.05) is 25.1 Å². The third-order valence-corrected chi connectivity index (χ3v) is 4.53. The van der Waals surface area contributed by atoms with Crippen molar-refractivity contribution in [1.82, 2.24) is 10.6 Å². The van der Waals surface area contributed by atoms with Gasteiger partial charge in [0.15, 0.2) is 5.96 Å². The van der Waals surface area contributed by atoms with Gasteiger partial charge in [-0.3, -0.25) is 4.79 Å². The Hall–Kier alpha value is -2.29. The standard InChI is InChI=1S/C23H32N4O2.HI/c1-6-24-23(25-14-17(3)20-9-7-8-16(2)12-20)26-15-19-10-11-22(29-5)21(13-19)27-18(4)28;/h7-13,17H,6,14-15H2,1-5H3,(H,27,28)(H2,24,25,26);1H. The average molecular weight is 524 g/mol. The molecule has 1 unspecified atom stereocenters. The van der Waals surface area contributed by atoms with Gasteiger partial charge in [0.2, 0.25) is 5.91 Å². The van der Waals surface area contributed by atoms with Crippen molar-refractivity contribution in [2.45, 2.75) is 40.2 Å². The molecule has 0 radical (unpaired) electrons. The Morgan fingerprint density at radius 2 is 1.93 bits per heavy atom. The fourth-order valence-corrected chi connectivity index (χ4v) is 3.00. The van der Waals surface area contributed by atoms with Crippen LogP contribution in [-0.4, -0.2) is 32.1 Å². The first-order valence-corrected chi connectivity index (χ1v) is 9.96. The third kappa shape index (κ3) is 8.22. The highest BCUT2D eigenvalue weighted by molar-refractivity contribution is 14.0. The number of carbonyl (C=O) groups excluding carboxylic acids is 1. The molecule has 0 aromatic heterocycles. The Kier molecular flexibility index (Phi) is 11.2. The summed E-state index contributed by atoms with van der Waals surface area (Å²) in [6, 6.07) is 14.3. The first-order chi connectivity index (χ1) is 13.9. The number of ether oxygens (including phenoxy) is 1. The highest BCUT2D eigenvalue weighted by atomic mass is 127. The molecule has 0 aliphatic heterocycles. The van der Waals surface area contributed by atoms with Gasteiger partial charge in [0, 0.05) is 20.0 Å². The molecule has 30 heavy (non-hydrogen) atoms. The maximum Gasteiger partial charge on any atom is 0.221 e. The van der Waals surface area contributed by atoms with Crippen LogP contribution in [0.15, 0.2) is 47.5 Å². The fourth-order valence-electron chi connectivity index (χ4n) is 3.00. The van der Waals surface area contributed by atoms with Crippen LogP contribution in [-0.2, 0) is 11.3 Å². The van der Waals surface area contributed by atoms with Crippen LogP contribution in [0.4, 0.5) is 5.69 Å². The summed E-state index contributed by atoms with van der Waals surface area (Å²) in [4.78, 5) is 16.1. The Morgan fingerprint density at radius 3 is 2.57 bits per heavy atom. The smallest absolute Gasteiger partial charge is 0.221 e. The number of nitrogens with zero attached hydrogens (tertiary/aromatic N) is 1. The number of halogens is 1. The zero-order valence-corrected chi connectivity index (χ0v) is 20.7.